The Bertz CT molecular complexity index is 519. The van der Waals surface area contributed by atoms with Crippen molar-refractivity contribution in [2.75, 3.05) is 6.54 Å². The summed E-state index contributed by atoms with van der Waals surface area (Å²) in [6.07, 6.45) is 0. The fourth-order valence-corrected chi connectivity index (χ4v) is 2.10. The average molecular weight is 271 g/mol. The predicted octanol–water partition coefficient (Wildman–Crippen LogP) is 2.13. The molecule has 0 bridgehead atoms. The van der Waals surface area contributed by atoms with Crippen LogP contribution in [0.3, 0.4) is 0 Å². The number of rotatable bonds is 4. The van der Waals surface area contributed by atoms with E-state index in [1.165, 1.54) is 13.8 Å². The summed E-state index contributed by atoms with van der Waals surface area (Å²) in [5.74, 6) is -3.58. The lowest BCUT2D eigenvalue weighted by atomic mass is 9.89. The van der Waals surface area contributed by atoms with E-state index in [1.54, 1.807) is 6.92 Å². The third-order valence-electron chi connectivity index (χ3n) is 3.11. The van der Waals surface area contributed by atoms with Crippen molar-refractivity contribution < 1.29 is 23.5 Å². The summed E-state index contributed by atoms with van der Waals surface area (Å²) in [5.41, 5.74) is -2.33. The lowest BCUT2D eigenvalue weighted by Gasteiger charge is -2.37. The molecule has 19 heavy (non-hydrogen) atoms. The molecule has 104 valence electrons. The number of amides is 1. The Morgan fingerprint density at radius 3 is 2.37 bits per heavy atom. The number of aliphatic carboxylic acids is 1. The second-order valence-corrected chi connectivity index (χ2v) is 4.26. The molecule has 0 spiro atoms. The molecular formula is C13H15F2NO3. The van der Waals surface area contributed by atoms with E-state index in [-0.39, 0.29) is 12.1 Å². The quantitative estimate of drug-likeness (QED) is 0.912. The van der Waals surface area contributed by atoms with E-state index >= 15 is 0 Å². The Balaban J connectivity index is 3.54. The van der Waals surface area contributed by atoms with Crippen LogP contribution >= 0.6 is 0 Å². The van der Waals surface area contributed by atoms with Gasteiger partial charge in [-0.2, -0.15) is 0 Å². The fourth-order valence-electron chi connectivity index (χ4n) is 2.10. The number of likely N-dealkylation sites (N-methyl/N-ethyl adjacent to an activating group) is 1. The molecule has 1 amide bonds. The molecular weight excluding hydrogens is 256 g/mol. The molecule has 0 radical (unpaired) electrons. The SMILES string of the molecule is CCN(C(C)=O)C(C)(C(=O)O)c1cc(F)ccc1F. The predicted molar refractivity (Wildman–Crippen MR) is 64.4 cm³/mol. The van der Waals surface area contributed by atoms with Crippen LogP contribution in [0.15, 0.2) is 18.2 Å². The molecule has 1 unspecified atom stereocenters. The molecule has 0 saturated heterocycles. The van der Waals surface area contributed by atoms with Crippen LogP contribution in [-0.4, -0.2) is 28.4 Å². The van der Waals surface area contributed by atoms with Gasteiger partial charge in [0.05, 0.1) is 0 Å². The van der Waals surface area contributed by atoms with E-state index in [4.69, 9.17) is 0 Å². The first kappa shape index (κ1) is 15.1. The zero-order valence-corrected chi connectivity index (χ0v) is 10.9. The molecule has 1 atom stereocenters. The molecule has 1 aromatic rings. The zero-order chi connectivity index (χ0) is 14.8. The van der Waals surface area contributed by atoms with Crippen molar-refractivity contribution in [3.63, 3.8) is 0 Å². The third kappa shape index (κ3) is 2.57. The van der Waals surface area contributed by atoms with Crippen LogP contribution in [0, 0.1) is 11.6 Å². The van der Waals surface area contributed by atoms with E-state index in [0.717, 1.165) is 23.1 Å². The van der Waals surface area contributed by atoms with Crippen molar-refractivity contribution in [3.05, 3.63) is 35.4 Å². The smallest absolute Gasteiger partial charge is 0.334 e. The van der Waals surface area contributed by atoms with Crippen LogP contribution in [0.1, 0.15) is 26.3 Å². The second-order valence-electron chi connectivity index (χ2n) is 4.26. The molecule has 0 saturated carbocycles. The molecule has 0 aliphatic heterocycles. The van der Waals surface area contributed by atoms with E-state index in [0.29, 0.717) is 0 Å². The molecule has 0 aliphatic carbocycles. The van der Waals surface area contributed by atoms with Gasteiger partial charge in [0.1, 0.15) is 11.6 Å². The maximum Gasteiger partial charge on any atom is 0.334 e. The van der Waals surface area contributed by atoms with E-state index in [9.17, 15) is 23.5 Å². The maximum atomic E-state index is 13.8. The van der Waals surface area contributed by atoms with Gasteiger partial charge in [0.2, 0.25) is 5.91 Å². The minimum Gasteiger partial charge on any atom is -0.479 e. The molecule has 0 aromatic heterocycles. The fraction of sp³-hybridized carbons (Fsp3) is 0.385. The number of carbonyl (C=O) groups excluding carboxylic acids is 1. The average Bonchev–Trinajstić information content (AvgIpc) is 2.32. The minimum absolute atomic E-state index is 0.0636. The standard InChI is InChI=1S/C13H15F2NO3/c1-4-16(8(2)17)13(3,12(18)19)10-7-9(14)5-6-11(10)15/h5-7H,4H2,1-3H3,(H,18,19). The van der Waals surface area contributed by atoms with Gasteiger partial charge in [-0.1, -0.05) is 0 Å². The molecule has 1 aromatic carbocycles. The maximum absolute atomic E-state index is 13.8. The van der Waals surface area contributed by atoms with E-state index in [2.05, 4.69) is 0 Å². The van der Waals surface area contributed by atoms with Crippen molar-refractivity contribution in [2.24, 2.45) is 0 Å². The van der Waals surface area contributed by atoms with Crippen LogP contribution in [0.4, 0.5) is 8.78 Å². The van der Waals surface area contributed by atoms with Gasteiger partial charge < -0.3 is 10.0 Å². The van der Waals surface area contributed by atoms with Crippen LogP contribution in [0.2, 0.25) is 0 Å². The van der Waals surface area contributed by atoms with Gasteiger partial charge in [0.15, 0.2) is 5.54 Å². The first-order valence-electron chi connectivity index (χ1n) is 5.72. The number of halogens is 2. The molecule has 1 rings (SSSR count). The molecule has 0 fully saturated rings. The van der Waals surface area contributed by atoms with Gasteiger partial charge in [-0.05, 0) is 32.0 Å². The molecule has 4 nitrogen and oxygen atoms in total. The van der Waals surface area contributed by atoms with Gasteiger partial charge in [-0.25, -0.2) is 13.6 Å². The largest absolute Gasteiger partial charge is 0.479 e. The van der Waals surface area contributed by atoms with Gasteiger partial charge >= 0.3 is 5.97 Å². The highest BCUT2D eigenvalue weighted by atomic mass is 19.1. The normalized spacial score (nSPS) is 13.7. The van der Waals surface area contributed by atoms with Crippen LogP contribution in [0.25, 0.3) is 0 Å². The van der Waals surface area contributed by atoms with Crippen molar-refractivity contribution in [3.8, 4) is 0 Å². The number of hydrogen-bond acceptors (Lipinski definition) is 2. The Hall–Kier alpha value is -1.98. The van der Waals surface area contributed by atoms with Crippen molar-refractivity contribution >= 4 is 11.9 Å². The van der Waals surface area contributed by atoms with Gasteiger partial charge in [-0.3, -0.25) is 4.79 Å². The number of carboxylic acids is 1. The monoisotopic (exact) mass is 271 g/mol. The molecule has 1 N–H and O–H groups in total. The first-order chi connectivity index (χ1) is 8.75. The number of carboxylic acid groups (broad SMARTS) is 1. The Labute approximate surface area is 109 Å². The summed E-state index contributed by atoms with van der Waals surface area (Å²) < 4.78 is 27.1. The molecule has 0 heterocycles. The molecule has 6 heteroatoms. The summed E-state index contributed by atoms with van der Waals surface area (Å²) in [6, 6.07) is 2.54. The zero-order valence-electron chi connectivity index (χ0n) is 10.9. The molecule has 0 aliphatic rings. The first-order valence-corrected chi connectivity index (χ1v) is 5.72. The topological polar surface area (TPSA) is 57.6 Å². The lowest BCUT2D eigenvalue weighted by Crippen LogP contribution is -2.52. The van der Waals surface area contributed by atoms with Gasteiger partial charge in [-0.15, -0.1) is 0 Å². The van der Waals surface area contributed by atoms with Crippen LogP contribution in [0.5, 0.6) is 0 Å². The van der Waals surface area contributed by atoms with Gasteiger partial charge in [0.25, 0.3) is 0 Å². The third-order valence-corrected chi connectivity index (χ3v) is 3.11. The summed E-state index contributed by atoms with van der Waals surface area (Å²) in [7, 11) is 0. The summed E-state index contributed by atoms with van der Waals surface area (Å²) >= 11 is 0. The highest BCUT2D eigenvalue weighted by Crippen LogP contribution is 2.31. The van der Waals surface area contributed by atoms with Crippen LogP contribution in [-0.2, 0) is 15.1 Å². The Morgan fingerprint density at radius 1 is 1.37 bits per heavy atom. The van der Waals surface area contributed by atoms with Crippen LogP contribution < -0.4 is 0 Å². The number of hydrogen-bond donors (Lipinski definition) is 1. The van der Waals surface area contributed by atoms with Crippen molar-refractivity contribution in [1.29, 1.82) is 0 Å². The highest BCUT2D eigenvalue weighted by molar-refractivity contribution is 5.87. The van der Waals surface area contributed by atoms with Gasteiger partial charge in [0, 0.05) is 19.0 Å². The Morgan fingerprint density at radius 2 is 1.95 bits per heavy atom. The number of nitrogens with zero attached hydrogens (tertiary/aromatic N) is 1. The summed E-state index contributed by atoms with van der Waals surface area (Å²) in [5, 5.41) is 9.37. The summed E-state index contributed by atoms with van der Waals surface area (Å²) in [4.78, 5) is 24.0. The number of benzene rings is 1. The number of carbonyl (C=O) groups is 2. The summed E-state index contributed by atoms with van der Waals surface area (Å²) in [6.45, 7) is 3.99. The highest BCUT2D eigenvalue weighted by Gasteiger charge is 2.44. The van der Waals surface area contributed by atoms with E-state index in [1.807, 2.05) is 0 Å². The lowest BCUT2D eigenvalue weighted by molar-refractivity contribution is -0.158. The Kier molecular flexibility index (Phi) is 4.24. The van der Waals surface area contributed by atoms with E-state index < -0.39 is 29.0 Å². The minimum atomic E-state index is -1.95. The van der Waals surface area contributed by atoms with Crippen molar-refractivity contribution in [1.82, 2.24) is 4.90 Å². The van der Waals surface area contributed by atoms with Crippen molar-refractivity contribution in [2.45, 2.75) is 26.3 Å². The second kappa shape index (κ2) is 5.34.